The predicted molar refractivity (Wildman–Crippen MR) is 152 cm³/mol. The summed E-state index contributed by atoms with van der Waals surface area (Å²) in [5.74, 6) is -0.478. The fraction of sp³-hybridized carbons (Fsp3) is 0.250. The summed E-state index contributed by atoms with van der Waals surface area (Å²) in [6, 6.07) is 23.4. The van der Waals surface area contributed by atoms with Gasteiger partial charge in [-0.05, 0) is 63.4 Å². The number of benzene rings is 3. The van der Waals surface area contributed by atoms with Crippen molar-refractivity contribution in [1.82, 2.24) is 0 Å². The van der Waals surface area contributed by atoms with Crippen LogP contribution in [0.5, 0.6) is 0 Å². The van der Waals surface area contributed by atoms with E-state index in [1.165, 1.54) is 23.3 Å². The minimum absolute atomic E-state index is 0.0908. The van der Waals surface area contributed by atoms with Crippen molar-refractivity contribution in [2.24, 2.45) is 0 Å². The Kier molecular flexibility index (Phi) is 8.31. The molecule has 0 aromatic heterocycles. The fourth-order valence-corrected chi connectivity index (χ4v) is 3.57. The number of hydrogen-bond donors (Lipinski definition) is 2. The zero-order valence-electron chi connectivity index (χ0n) is 22.1. The van der Waals surface area contributed by atoms with E-state index in [9.17, 15) is 9.59 Å². The molecule has 3 rings (SSSR count). The highest BCUT2D eigenvalue weighted by Gasteiger charge is 2.13. The molecule has 4 heteroatoms. The fourth-order valence-electron chi connectivity index (χ4n) is 3.57. The second-order valence-corrected chi connectivity index (χ2v) is 11.0. The minimum atomic E-state index is -0.239. The van der Waals surface area contributed by atoms with Crippen molar-refractivity contribution in [1.29, 1.82) is 0 Å². The smallest absolute Gasteiger partial charge is 0.248 e. The molecule has 2 N–H and O–H groups in total. The van der Waals surface area contributed by atoms with Crippen LogP contribution in [-0.4, -0.2) is 11.8 Å². The molecule has 0 saturated heterocycles. The first-order chi connectivity index (χ1) is 16.9. The van der Waals surface area contributed by atoms with E-state index in [4.69, 9.17) is 0 Å². The SMILES string of the molecule is CC(C)(C)c1ccc(C=CC(=O)Nc2cccc(NC(=O)C=Cc3ccc(C(C)(C)C)cc3)c2)cc1. The van der Waals surface area contributed by atoms with Gasteiger partial charge in [-0.2, -0.15) is 0 Å². The van der Waals surface area contributed by atoms with Gasteiger partial charge in [0.1, 0.15) is 0 Å². The van der Waals surface area contributed by atoms with Crippen LogP contribution < -0.4 is 10.6 Å². The van der Waals surface area contributed by atoms with Gasteiger partial charge in [0.15, 0.2) is 0 Å². The Labute approximate surface area is 215 Å². The van der Waals surface area contributed by atoms with E-state index in [0.717, 1.165) is 11.1 Å². The van der Waals surface area contributed by atoms with Gasteiger partial charge in [0.25, 0.3) is 0 Å². The Morgan fingerprint density at radius 2 is 0.944 bits per heavy atom. The van der Waals surface area contributed by atoms with Crippen LogP contribution in [0.4, 0.5) is 11.4 Å². The molecule has 0 fully saturated rings. The van der Waals surface area contributed by atoms with Gasteiger partial charge in [-0.3, -0.25) is 9.59 Å². The summed E-state index contributed by atoms with van der Waals surface area (Å²) in [6.07, 6.45) is 6.58. The van der Waals surface area contributed by atoms with Gasteiger partial charge >= 0.3 is 0 Å². The lowest BCUT2D eigenvalue weighted by atomic mass is 9.87. The number of rotatable bonds is 6. The molecule has 186 valence electrons. The molecule has 0 bridgehead atoms. The average Bonchev–Trinajstić information content (AvgIpc) is 2.81. The standard InChI is InChI=1S/C32H36N2O2/c1-31(2,3)25-16-10-23(11-17-25)14-20-29(35)33-27-8-7-9-28(22-27)34-30(36)21-15-24-12-18-26(19-13-24)32(4,5)6/h7-22H,1-6H3,(H,33,35)(H,34,36). The Bertz CT molecular complexity index is 1160. The zero-order valence-corrected chi connectivity index (χ0v) is 22.1. The van der Waals surface area contributed by atoms with E-state index in [-0.39, 0.29) is 22.6 Å². The molecule has 0 aliphatic heterocycles. The topological polar surface area (TPSA) is 58.2 Å². The van der Waals surface area contributed by atoms with Crippen LogP contribution in [-0.2, 0) is 20.4 Å². The number of anilines is 2. The van der Waals surface area contributed by atoms with E-state index in [1.54, 1.807) is 36.4 Å². The number of amides is 2. The van der Waals surface area contributed by atoms with Crippen LogP contribution in [0.2, 0.25) is 0 Å². The van der Waals surface area contributed by atoms with Crippen LogP contribution >= 0.6 is 0 Å². The highest BCUT2D eigenvalue weighted by Crippen LogP contribution is 2.23. The van der Waals surface area contributed by atoms with Crippen molar-refractivity contribution >= 4 is 35.3 Å². The molecule has 3 aromatic rings. The second kappa shape index (κ2) is 11.2. The summed E-state index contributed by atoms with van der Waals surface area (Å²) in [6.45, 7) is 13.0. The van der Waals surface area contributed by atoms with Crippen LogP contribution in [0.3, 0.4) is 0 Å². The molecule has 0 aliphatic carbocycles. The quantitative estimate of drug-likeness (QED) is 0.357. The molecule has 0 atom stereocenters. The van der Waals surface area contributed by atoms with Gasteiger partial charge in [-0.25, -0.2) is 0 Å². The average molecular weight is 481 g/mol. The third-order valence-electron chi connectivity index (χ3n) is 5.81. The van der Waals surface area contributed by atoms with E-state index in [0.29, 0.717) is 11.4 Å². The molecular formula is C32H36N2O2. The van der Waals surface area contributed by atoms with Gasteiger partial charge < -0.3 is 10.6 Å². The predicted octanol–water partition coefficient (Wildman–Crippen LogP) is 7.59. The van der Waals surface area contributed by atoms with Crippen molar-refractivity contribution in [2.75, 3.05) is 10.6 Å². The first-order valence-electron chi connectivity index (χ1n) is 12.2. The van der Waals surface area contributed by atoms with Crippen LogP contribution in [0.1, 0.15) is 63.8 Å². The van der Waals surface area contributed by atoms with E-state index >= 15 is 0 Å². The van der Waals surface area contributed by atoms with Gasteiger partial charge in [-0.15, -0.1) is 0 Å². The third kappa shape index (κ3) is 8.09. The first-order valence-corrected chi connectivity index (χ1v) is 12.2. The summed E-state index contributed by atoms with van der Waals surface area (Å²) in [5.41, 5.74) is 5.80. The normalized spacial score (nSPS) is 12.2. The number of carbonyl (C=O) groups excluding carboxylic acids is 2. The summed E-state index contributed by atoms with van der Waals surface area (Å²) >= 11 is 0. The molecular weight excluding hydrogens is 444 g/mol. The molecule has 0 aliphatic rings. The minimum Gasteiger partial charge on any atom is -0.322 e. The first kappa shape index (κ1) is 26.7. The second-order valence-electron chi connectivity index (χ2n) is 11.0. The molecule has 2 amide bonds. The molecule has 4 nitrogen and oxygen atoms in total. The maximum absolute atomic E-state index is 12.4. The van der Waals surface area contributed by atoms with Crippen molar-refractivity contribution in [3.63, 3.8) is 0 Å². The summed E-state index contributed by atoms with van der Waals surface area (Å²) in [5, 5.41) is 5.68. The Hall–Kier alpha value is -3.92. The zero-order chi connectivity index (χ0) is 26.3. The molecule has 36 heavy (non-hydrogen) atoms. The summed E-state index contributed by atoms with van der Waals surface area (Å²) in [4.78, 5) is 24.8. The molecule has 0 radical (unpaired) electrons. The maximum Gasteiger partial charge on any atom is 0.248 e. The molecule has 3 aromatic carbocycles. The molecule has 0 spiro atoms. The Morgan fingerprint density at radius 3 is 1.28 bits per heavy atom. The van der Waals surface area contributed by atoms with Gasteiger partial charge in [0.05, 0.1) is 0 Å². The molecule has 0 saturated carbocycles. The van der Waals surface area contributed by atoms with Crippen molar-refractivity contribution in [3.05, 3.63) is 107 Å². The number of nitrogens with one attached hydrogen (secondary N) is 2. The lowest BCUT2D eigenvalue weighted by molar-refractivity contribution is -0.112. The number of carbonyl (C=O) groups is 2. The van der Waals surface area contributed by atoms with Gasteiger partial charge in [0.2, 0.25) is 11.8 Å². The monoisotopic (exact) mass is 480 g/mol. The maximum atomic E-state index is 12.4. The number of hydrogen-bond acceptors (Lipinski definition) is 2. The van der Waals surface area contributed by atoms with Crippen LogP contribution in [0.15, 0.2) is 84.9 Å². The summed E-state index contributed by atoms with van der Waals surface area (Å²) < 4.78 is 0. The Morgan fingerprint density at radius 1 is 0.583 bits per heavy atom. The van der Waals surface area contributed by atoms with Crippen LogP contribution in [0.25, 0.3) is 12.2 Å². The molecule has 0 heterocycles. The molecule has 0 unspecified atom stereocenters. The van der Waals surface area contributed by atoms with E-state index < -0.39 is 0 Å². The highest BCUT2D eigenvalue weighted by molar-refractivity contribution is 6.04. The van der Waals surface area contributed by atoms with Crippen molar-refractivity contribution in [3.8, 4) is 0 Å². The third-order valence-corrected chi connectivity index (χ3v) is 5.81. The van der Waals surface area contributed by atoms with Crippen molar-refractivity contribution < 1.29 is 9.59 Å². The lowest BCUT2D eigenvalue weighted by Crippen LogP contribution is -2.11. The summed E-state index contributed by atoms with van der Waals surface area (Å²) in [7, 11) is 0. The highest BCUT2D eigenvalue weighted by atomic mass is 16.2. The Balaban J connectivity index is 1.56. The lowest BCUT2D eigenvalue weighted by Gasteiger charge is -2.18. The van der Waals surface area contributed by atoms with E-state index in [2.05, 4.69) is 76.4 Å². The largest absolute Gasteiger partial charge is 0.322 e. The van der Waals surface area contributed by atoms with Gasteiger partial charge in [-0.1, -0.05) is 96.1 Å². The van der Waals surface area contributed by atoms with E-state index in [1.807, 2.05) is 24.3 Å². The van der Waals surface area contributed by atoms with Crippen LogP contribution in [0, 0.1) is 0 Å². The van der Waals surface area contributed by atoms with Gasteiger partial charge in [0, 0.05) is 23.5 Å². The van der Waals surface area contributed by atoms with Crippen molar-refractivity contribution in [2.45, 2.75) is 52.4 Å².